The lowest BCUT2D eigenvalue weighted by Gasteiger charge is -2.26. The molecule has 2 saturated carbocycles. The average molecular weight is 438 g/mol. The SMILES string of the molecule is CC(C)n1nc(-c2cnc(N)c(C(F)(F)F)c2)cc1C1[C@H]2CC(N(C)CCCO)C[C@@H]12. The van der Waals surface area contributed by atoms with Crippen LogP contribution in [-0.2, 0) is 6.18 Å². The zero-order valence-corrected chi connectivity index (χ0v) is 18.1. The van der Waals surface area contributed by atoms with Crippen molar-refractivity contribution in [1.82, 2.24) is 19.7 Å². The standard InChI is InChI=1S/C22H30F3N5O/c1-12(2)30-19(20-15-8-14(9-16(15)20)29(3)5-4-6-31)10-18(28-30)13-7-17(22(23,24)25)21(26)27-11-13/h7,10-12,14-16,20,31H,4-6,8-9H2,1-3H3,(H2,26,27)/t14?,15-,16+,20?. The molecule has 2 aromatic rings. The molecular formula is C22H30F3N5O. The molecular weight excluding hydrogens is 407 g/mol. The molecule has 2 aliphatic carbocycles. The topological polar surface area (TPSA) is 80.2 Å². The number of anilines is 1. The zero-order valence-electron chi connectivity index (χ0n) is 18.1. The summed E-state index contributed by atoms with van der Waals surface area (Å²) < 4.78 is 41.8. The molecule has 6 nitrogen and oxygen atoms in total. The molecule has 0 aromatic carbocycles. The number of fused-ring (bicyclic) bond motifs is 1. The first-order valence-corrected chi connectivity index (χ1v) is 10.9. The predicted octanol–water partition coefficient (Wildman–Crippen LogP) is 3.93. The Morgan fingerprint density at radius 1 is 1.26 bits per heavy atom. The molecule has 170 valence electrons. The highest BCUT2D eigenvalue weighted by atomic mass is 19.4. The number of nitrogens with zero attached hydrogens (tertiary/aromatic N) is 4. The molecule has 0 radical (unpaired) electrons. The monoisotopic (exact) mass is 437 g/mol. The Morgan fingerprint density at radius 2 is 1.94 bits per heavy atom. The average Bonchev–Trinajstić information content (AvgIpc) is 3.07. The van der Waals surface area contributed by atoms with Gasteiger partial charge in [0, 0.05) is 48.6 Å². The number of aromatic nitrogens is 3. The summed E-state index contributed by atoms with van der Waals surface area (Å²) in [5.41, 5.74) is 6.45. The van der Waals surface area contributed by atoms with Crippen molar-refractivity contribution in [3.63, 3.8) is 0 Å². The van der Waals surface area contributed by atoms with Crippen molar-refractivity contribution in [2.45, 2.75) is 57.3 Å². The maximum atomic E-state index is 13.3. The second kappa shape index (κ2) is 8.09. The molecule has 2 heterocycles. The minimum absolute atomic E-state index is 0.108. The van der Waals surface area contributed by atoms with Gasteiger partial charge in [0.25, 0.3) is 0 Å². The number of aliphatic hydroxyl groups excluding tert-OH is 1. The van der Waals surface area contributed by atoms with Crippen molar-refractivity contribution in [2.75, 3.05) is 25.9 Å². The van der Waals surface area contributed by atoms with Gasteiger partial charge in [-0.05, 0) is 64.1 Å². The number of hydrogen-bond donors (Lipinski definition) is 2. The fourth-order valence-electron chi connectivity index (χ4n) is 5.17. The Morgan fingerprint density at radius 3 is 2.52 bits per heavy atom. The van der Waals surface area contributed by atoms with Gasteiger partial charge in [-0.15, -0.1) is 0 Å². The lowest BCUT2D eigenvalue weighted by atomic mass is 10.0. The van der Waals surface area contributed by atoms with E-state index >= 15 is 0 Å². The summed E-state index contributed by atoms with van der Waals surface area (Å²) in [6.45, 7) is 5.17. The lowest BCUT2D eigenvalue weighted by molar-refractivity contribution is -0.137. The smallest absolute Gasteiger partial charge is 0.396 e. The lowest BCUT2D eigenvalue weighted by Crippen LogP contribution is -2.32. The van der Waals surface area contributed by atoms with Crippen LogP contribution in [0.4, 0.5) is 19.0 Å². The third-order valence-corrected chi connectivity index (χ3v) is 6.83. The van der Waals surface area contributed by atoms with Crippen LogP contribution in [0, 0.1) is 11.8 Å². The van der Waals surface area contributed by atoms with E-state index in [1.807, 2.05) is 24.6 Å². The van der Waals surface area contributed by atoms with Crippen LogP contribution < -0.4 is 5.73 Å². The van der Waals surface area contributed by atoms with Crippen LogP contribution in [0.5, 0.6) is 0 Å². The minimum atomic E-state index is -4.55. The van der Waals surface area contributed by atoms with Gasteiger partial charge in [0.15, 0.2) is 0 Å². The molecule has 3 N–H and O–H groups in total. The van der Waals surface area contributed by atoms with Crippen LogP contribution in [0.3, 0.4) is 0 Å². The third-order valence-electron chi connectivity index (χ3n) is 6.83. The van der Waals surface area contributed by atoms with Crippen molar-refractivity contribution in [3.05, 3.63) is 29.6 Å². The Kier molecular flexibility index (Phi) is 5.76. The van der Waals surface area contributed by atoms with Crippen molar-refractivity contribution >= 4 is 5.82 Å². The molecule has 2 aliphatic rings. The number of aliphatic hydroxyl groups is 1. The first-order chi connectivity index (χ1) is 14.6. The molecule has 0 saturated heterocycles. The predicted molar refractivity (Wildman–Crippen MR) is 112 cm³/mol. The highest BCUT2D eigenvalue weighted by Gasteiger charge is 2.58. The van der Waals surface area contributed by atoms with E-state index in [1.54, 1.807) is 0 Å². The van der Waals surface area contributed by atoms with E-state index < -0.39 is 17.6 Å². The highest BCUT2D eigenvalue weighted by molar-refractivity contribution is 5.63. The second-order valence-corrected chi connectivity index (χ2v) is 9.18. The van der Waals surface area contributed by atoms with E-state index in [4.69, 9.17) is 10.8 Å². The summed E-state index contributed by atoms with van der Waals surface area (Å²) >= 11 is 0. The van der Waals surface area contributed by atoms with E-state index in [9.17, 15) is 13.2 Å². The second-order valence-electron chi connectivity index (χ2n) is 9.18. The van der Waals surface area contributed by atoms with Crippen LogP contribution in [0.25, 0.3) is 11.3 Å². The molecule has 2 aromatic heterocycles. The summed E-state index contributed by atoms with van der Waals surface area (Å²) in [6.07, 6.45) is -0.192. The minimum Gasteiger partial charge on any atom is -0.396 e. The number of rotatable bonds is 7. The first kappa shape index (κ1) is 22.1. The fourth-order valence-corrected chi connectivity index (χ4v) is 5.17. The van der Waals surface area contributed by atoms with Crippen LogP contribution in [-0.4, -0.2) is 51.0 Å². The number of alkyl halides is 3. The van der Waals surface area contributed by atoms with Crippen molar-refractivity contribution in [2.24, 2.45) is 11.8 Å². The summed E-state index contributed by atoms with van der Waals surface area (Å²) in [6, 6.07) is 3.61. The molecule has 2 unspecified atom stereocenters. The maximum absolute atomic E-state index is 13.3. The van der Waals surface area contributed by atoms with Crippen LogP contribution in [0.1, 0.15) is 56.3 Å². The van der Waals surface area contributed by atoms with E-state index in [0.717, 1.165) is 37.6 Å². The van der Waals surface area contributed by atoms with Gasteiger partial charge in [-0.2, -0.15) is 18.3 Å². The van der Waals surface area contributed by atoms with Crippen LogP contribution in [0.15, 0.2) is 18.3 Å². The van der Waals surface area contributed by atoms with E-state index in [0.29, 0.717) is 35.1 Å². The van der Waals surface area contributed by atoms with Crippen molar-refractivity contribution < 1.29 is 18.3 Å². The summed E-state index contributed by atoms with van der Waals surface area (Å²) in [5, 5.41) is 13.7. The molecule has 2 fully saturated rings. The first-order valence-electron chi connectivity index (χ1n) is 10.9. The molecule has 9 heteroatoms. The molecule has 0 spiro atoms. The quantitative estimate of drug-likeness (QED) is 0.686. The van der Waals surface area contributed by atoms with Gasteiger partial charge >= 0.3 is 6.18 Å². The molecule has 0 bridgehead atoms. The third kappa shape index (κ3) is 4.17. The molecule has 4 rings (SSSR count). The zero-order chi connectivity index (χ0) is 22.5. The van der Waals surface area contributed by atoms with E-state index in [-0.39, 0.29) is 12.6 Å². The summed E-state index contributed by atoms with van der Waals surface area (Å²) in [5.74, 6) is 1.04. The van der Waals surface area contributed by atoms with Crippen molar-refractivity contribution in [1.29, 1.82) is 0 Å². The van der Waals surface area contributed by atoms with Gasteiger partial charge in [-0.3, -0.25) is 4.68 Å². The Bertz CT molecular complexity index is 930. The largest absolute Gasteiger partial charge is 0.419 e. The number of halogens is 3. The number of nitrogen functional groups attached to an aromatic ring is 1. The van der Waals surface area contributed by atoms with Crippen LogP contribution in [0.2, 0.25) is 0 Å². The van der Waals surface area contributed by atoms with Gasteiger partial charge in [-0.25, -0.2) is 4.98 Å². The Hall–Kier alpha value is -2.13. The fraction of sp³-hybridized carbons (Fsp3) is 0.636. The Balaban J connectivity index is 1.56. The number of nitrogens with two attached hydrogens (primary N) is 1. The van der Waals surface area contributed by atoms with Gasteiger partial charge in [0.1, 0.15) is 5.82 Å². The highest BCUT2D eigenvalue weighted by Crippen LogP contribution is 2.64. The number of pyridine rings is 1. The van der Waals surface area contributed by atoms with Gasteiger partial charge in [-0.1, -0.05) is 0 Å². The van der Waals surface area contributed by atoms with Crippen LogP contribution >= 0.6 is 0 Å². The Labute approximate surface area is 180 Å². The summed E-state index contributed by atoms with van der Waals surface area (Å²) in [7, 11) is 2.11. The van der Waals surface area contributed by atoms with Gasteiger partial charge in [0.2, 0.25) is 0 Å². The maximum Gasteiger partial charge on any atom is 0.419 e. The normalized spacial score (nSPS) is 25.5. The van der Waals surface area contributed by atoms with E-state index in [1.165, 1.54) is 6.20 Å². The number of hydrogen-bond acceptors (Lipinski definition) is 5. The van der Waals surface area contributed by atoms with Gasteiger partial charge in [0.05, 0.1) is 11.3 Å². The van der Waals surface area contributed by atoms with Crippen molar-refractivity contribution in [3.8, 4) is 11.3 Å². The van der Waals surface area contributed by atoms with Gasteiger partial charge < -0.3 is 15.7 Å². The molecule has 0 aliphatic heterocycles. The van der Waals surface area contributed by atoms with E-state index in [2.05, 4.69) is 22.0 Å². The summed E-state index contributed by atoms with van der Waals surface area (Å²) in [4.78, 5) is 6.10. The molecule has 31 heavy (non-hydrogen) atoms. The molecule has 4 atom stereocenters. The molecule has 0 amide bonds.